The van der Waals surface area contributed by atoms with Gasteiger partial charge >= 0.3 is 5.97 Å². The van der Waals surface area contributed by atoms with Crippen LogP contribution < -0.4 is 19.5 Å². The van der Waals surface area contributed by atoms with E-state index in [-0.39, 0.29) is 5.56 Å². The lowest BCUT2D eigenvalue weighted by Crippen LogP contribution is -2.05. The molecular formula is C17H18BrNO5. The molecule has 0 amide bonds. The zero-order valence-electron chi connectivity index (χ0n) is 13.6. The lowest BCUT2D eigenvalue weighted by Gasteiger charge is -2.15. The fraction of sp³-hybridized carbons (Fsp3) is 0.235. The average Bonchev–Trinajstić information content (AvgIpc) is 2.59. The Balaban J connectivity index is 2.27. The van der Waals surface area contributed by atoms with Crippen LogP contribution in [0.3, 0.4) is 0 Å². The van der Waals surface area contributed by atoms with Gasteiger partial charge in [0.1, 0.15) is 5.75 Å². The smallest absolute Gasteiger partial charge is 0.335 e. The van der Waals surface area contributed by atoms with Crippen molar-refractivity contribution in [3.8, 4) is 17.2 Å². The molecule has 0 fully saturated rings. The molecule has 0 saturated carbocycles. The number of nitrogens with one attached hydrogen (secondary N) is 1. The molecule has 0 heterocycles. The fourth-order valence-corrected chi connectivity index (χ4v) is 2.66. The Hall–Kier alpha value is -2.41. The molecule has 0 unspecified atom stereocenters. The van der Waals surface area contributed by atoms with Gasteiger partial charge in [0.05, 0.1) is 32.6 Å². The van der Waals surface area contributed by atoms with Gasteiger partial charge in [0.15, 0.2) is 11.5 Å². The second-order valence-corrected chi connectivity index (χ2v) is 5.73. The second-order valence-electron chi connectivity index (χ2n) is 4.87. The zero-order chi connectivity index (χ0) is 17.7. The van der Waals surface area contributed by atoms with E-state index in [2.05, 4.69) is 21.2 Å². The van der Waals surface area contributed by atoms with E-state index in [9.17, 15) is 4.79 Å². The highest BCUT2D eigenvalue weighted by molar-refractivity contribution is 9.10. The number of halogens is 1. The van der Waals surface area contributed by atoms with E-state index in [1.165, 1.54) is 19.2 Å². The Morgan fingerprint density at radius 1 is 1.04 bits per heavy atom. The molecule has 2 N–H and O–H groups in total. The van der Waals surface area contributed by atoms with Crippen LogP contribution in [-0.4, -0.2) is 32.4 Å². The summed E-state index contributed by atoms with van der Waals surface area (Å²) in [5, 5.41) is 12.3. The Kier molecular flexibility index (Phi) is 5.92. The van der Waals surface area contributed by atoms with E-state index in [4.69, 9.17) is 19.3 Å². The molecule has 0 atom stereocenters. The van der Waals surface area contributed by atoms with E-state index in [0.29, 0.717) is 29.5 Å². The number of benzene rings is 2. The number of carboxylic acids is 1. The molecule has 24 heavy (non-hydrogen) atoms. The van der Waals surface area contributed by atoms with Gasteiger partial charge in [-0.2, -0.15) is 0 Å². The normalized spacial score (nSPS) is 10.2. The van der Waals surface area contributed by atoms with Crippen molar-refractivity contribution < 1.29 is 24.1 Å². The van der Waals surface area contributed by atoms with E-state index in [0.717, 1.165) is 10.0 Å². The van der Waals surface area contributed by atoms with Gasteiger partial charge in [0, 0.05) is 11.0 Å². The van der Waals surface area contributed by atoms with Crippen molar-refractivity contribution in [1.82, 2.24) is 0 Å². The topological polar surface area (TPSA) is 77.0 Å². The van der Waals surface area contributed by atoms with Crippen LogP contribution in [-0.2, 0) is 6.54 Å². The first-order chi connectivity index (χ1) is 11.5. The Morgan fingerprint density at radius 3 is 2.25 bits per heavy atom. The summed E-state index contributed by atoms with van der Waals surface area (Å²) in [6.45, 7) is 0.445. The fourth-order valence-electron chi connectivity index (χ4n) is 2.20. The molecule has 0 aliphatic heterocycles. The van der Waals surface area contributed by atoms with Crippen molar-refractivity contribution in [2.75, 3.05) is 26.6 Å². The molecule has 0 aliphatic carbocycles. The van der Waals surface area contributed by atoms with Crippen molar-refractivity contribution in [2.24, 2.45) is 0 Å². The molecular weight excluding hydrogens is 378 g/mol. The summed E-state index contributed by atoms with van der Waals surface area (Å²) >= 11 is 3.50. The average molecular weight is 396 g/mol. The largest absolute Gasteiger partial charge is 0.495 e. The Morgan fingerprint density at radius 2 is 1.67 bits per heavy atom. The number of carbonyl (C=O) groups is 1. The summed E-state index contributed by atoms with van der Waals surface area (Å²) in [5.74, 6) is 0.812. The summed E-state index contributed by atoms with van der Waals surface area (Å²) in [6, 6.07) is 8.33. The Bertz CT molecular complexity index is 748. The first kappa shape index (κ1) is 17.9. The van der Waals surface area contributed by atoms with Gasteiger partial charge in [-0.05, 0) is 35.9 Å². The third kappa shape index (κ3) is 3.91. The number of aromatic carboxylic acids is 1. The standard InChI is InChI=1S/C17H18BrNO5/c1-22-14-5-4-10(17(20)21)6-13(14)19-9-11-7-15(23-2)16(24-3)8-12(11)18/h4-8,19H,9H2,1-3H3,(H,20,21). The maximum Gasteiger partial charge on any atom is 0.335 e. The molecule has 2 rings (SSSR count). The van der Waals surface area contributed by atoms with Crippen LogP contribution in [0, 0.1) is 0 Å². The van der Waals surface area contributed by atoms with Crippen LogP contribution in [0.25, 0.3) is 0 Å². The minimum absolute atomic E-state index is 0.185. The Labute approximate surface area is 148 Å². The summed E-state index contributed by atoms with van der Waals surface area (Å²) in [5.41, 5.74) is 1.71. The minimum Gasteiger partial charge on any atom is -0.495 e. The van der Waals surface area contributed by atoms with Crippen LogP contribution in [0.4, 0.5) is 5.69 Å². The highest BCUT2D eigenvalue weighted by Crippen LogP contribution is 2.34. The van der Waals surface area contributed by atoms with Crippen molar-refractivity contribution in [3.05, 3.63) is 45.9 Å². The third-order valence-corrected chi connectivity index (χ3v) is 4.21. The second kappa shape index (κ2) is 7.92. The van der Waals surface area contributed by atoms with Crippen LogP contribution in [0.1, 0.15) is 15.9 Å². The predicted molar refractivity (Wildman–Crippen MR) is 94.5 cm³/mol. The van der Waals surface area contributed by atoms with Gasteiger partial charge in [-0.25, -0.2) is 4.79 Å². The molecule has 6 nitrogen and oxygen atoms in total. The summed E-state index contributed by atoms with van der Waals surface area (Å²) in [6.07, 6.45) is 0. The highest BCUT2D eigenvalue weighted by atomic mass is 79.9. The zero-order valence-corrected chi connectivity index (χ0v) is 15.1. The van der Waals surface area contributed by atoms with Crippen LogP contribution in [0.15, 0.2) is 34.8 Å². The van der Waals surface area contributed by atoms with Crippen LogP contribution in [0.2, 0.25) is 0 Å². The summed E-state index contributed by atoms with van der Waals surface area (Å²) in [7, 11) is 4.68. The molecule has 0 spiro atoms. The maximum atomic E-state index is 11.1. The highest BCUT2D eigenvalue weighted by Gasteiger charge is 2.12. The number of hydrogen-bond donors (Lipinski definition) is 2. The molecule has 0 aromatic heterocycles. The van der Waals surface area contributed by atoms with Gasteiger partial charge in [-0.15, -0.1) is 0 Å². The van der Waals surface area contributed by atoms with Crippen molar-refractivity contribution in [1.29, 1.82) is 0 Å². The number of anilines is 1. The maximum absolute atomic E-state index is 11.1. The van der Waals surface area contributed by atoms with E-state index >= 15 is 0 Å². The number of hydrogen-bond acceptors (Lipinski definition) is 5. The van der Waals surface area contributed by atoms with Crippen molar-refractivity contribution in [3.63, 3.8) is 0 Å². The molecule has 128 valence electrons. The first-order valence-corrected chi connectivity index (χ1v) is 7.85. The third-order valence-electron chi connectivity index (χ3n) is 3.47. The number of rotatable bonds is 7. The summed E-state index contributed by atoms with van der Waals surface area (Å²) < 4.78 is 16.7. The monoisotopic (exact) mass is 395 g/mol. The van der Waals surface area contributed by atoms with Crippen LogP contribution in [0.5, 0.6) is 17.2 Å². The minimum atomic E-state index is -0.993. The van der Waals surface area contributed by atoms with Crippen molar-refractivity contribution in [2.45, 2.75) is 6.54 Å². The number of ether oxygens (including phenoxy) is 3. The lowest BCUT2D eigenvalue weighted by molar-refractivity contribution is 0.0697. The molecule has 2 aromatic rings. The molecule has 2 aromatic carbocycles. The van der Waals surface area contributed by atoms with Crippen LogP contribution >= 0.6 is 15.9 Å². The van der Waals surface area contributed by atoms with E-state index < -0.39 is 5.97 Å². The molecule has 7 heteroatoms. The first-order valence-electron chi connectivity index (χ1n) is 7.05. The SMILES string of the molecule is COc1ccc(C(=O)O)cc1NCc1cc(OC)c(OC)cc1Br. The molecule has 0 radical (unpaired) electrons. The van der Waals surface area contributed by atoms with Crippen molar-refractivity contribution >= 4 is 27.6 Å². The molecule has 0 aliphatic rings. The van der Waals surface area contributed by atoms with E-state index in [1.807, 2.05) is 12.1 Å². The van der Waals surface area contributed by atoms with E-state index in [1.54, 1.807) is 20.3 Å². The number of methoxy groups -OCH3 is 3. The van der Waals surface area contributed by atoms with Gasteiger partial charge in [-0.3, -0.25) is 0 Å². The van der Waals surface area contributed by atoms with Gasteiger partial charge in [0.25, 0.3) is 0 Å². The lowest BCUT2D eigenvalue weighted by atomic mass is 10.1. The predicted octanol–water partition coefficient (Wildman–Crippen LogP) is 3.79. The number of carboxylic acid groups (broad SMARTS) is 1. The molecule has 0 saturated heterocycles. The summed E-state index contributed by atoms with van der Waals surface area (Å²) in [4.78, 5) is 11.1. The quantitative estimate of drug-likeness (QED) is 0.742. The molecule has 0 bridgehead atoms. The van der Waals surface area contributed by atoms with Gasteiger partial charge in [-0.1, -0.05) is 15.9 Å². The van der Waals surface area contributed by atoms with Gasteiger partial charge in [0.2, 0.25) is 0 Å². The van der Waals surface area contributed by atoms with Gasteiger partial charge < -0.3 is 24.6 Å².